The Morgan fingerprint density at radius 1 is 1.10 bits per heavy atom. The SMILES string of the molecule is CCc1cc(-c2ccc(-c3cnn4c(N)c(C=O)c(C5CCN(C(=O)c6nccnc6O)CC5)nc34)cn2)ccc1F. The zero-order chi connectivity index (χ0) is 29.4. The Bertz CT molecular complexity index is 1810. The summed E-state index contributed by atoms with van der Waals surface area (Å²) >= 11 is 0. The molecule has 212 valence electrons. The molecule has 0 radical (unpaired) electrons. The van der Waals surface area contributed by atoms with Crippen LogP contribution in [-0.2, 0) is 6.42 Å². The van der Waals surface area contributed by atoms with Gasteiger partial charge in [-0.15, -0.1) is 0 Å². The van der Waals surface area contributed by atoms with Gasteiger partial charge in [0, 0.05) is 54.3 Å². The van der Waals surface area contributed by atoms with Crippen LogP contribution in [0.5, 0.6) is 5.88 Å². The van der Waals surface area contributed by atoms with E-state index in [4.69, 9.17) is 10.7 Å². The lowest BCUT2D eigenvalue weighted by Gasteiger charge is -2.32. The molecule has 11 nitrogen and oxygen atoms in total. The summed E-state index contributed by atoms with van der Waals surface area (Å²) in [5.41, 5.74) is 11.2. The van der Waals surface area contributed by atoms with Gasteiger partial charge in [0.05, 0.1) is 23.1 Å². The van der Waals surface area contributed by atoms with Crippen LogP contribution in [0.25, 0.3) is 28.0 Å². The third kappa shape index (κ3) is 4.70. The summed E-state index contributed by atoms with van der Waals surface area (Å²) in [6, 6.07) is 8.71. The summed E-state index contributed by atoms with van der Waals surface area (Å²) < 4.78 is 15.4. The number of fused-ring (bicyclic) bond motifs is 1. The fourth-order valence-electron chi connectivity index (χ4n) is 5.40. The molecule has 6 rings (SSSR count). The van der Waals surface area contributed by atoms with Gasteiger partial charge in [-0.2, -0.15) is 9.61 Å². The smallest absolute Gasteiger partial charge is 0.278 e. The maximum absolute atomic E-state index is 14.0. The van der Waals surface area contributed by atoms with Crippen molar-refractivity contribution in [1.29, 1.82) is 0 Å². The van der Waals surface area contributed by atoms with Crippen LogP contribution in [0.3, 0.4) is 0 Å². The van der Waals surface area contributed by atoms with Crippen molar-refractivity contribution in [2.75, 3.05) is 18.8 Å². The summed E-state index contributed by atoms with van der Waals surface area (Å²) in [6.45, 7) is 2.66. The number of aryl methyl sites for hydroxylation is 1. The molecule has 4 aromatic heterocycles. The number of halogens is 1. The average molecular weight is 567 g/mol. The monoisotopic (exact) mass is 566 g/mol. The van der Waals surface area contributed by atoms with Gasteiger partial charge in [0.15, 0.2) is 17.6 Å². The molecule has 0 saturated carbocycles. The molecule has 0 spiro atoms. The van der Waals surface area contributed by atoms with Crippen LogP contribution >= 0.6 is 0 Å². The van der Waals surface area contributed by atoms with Crippen LogP contribution in [0.2, 0.25) is 0 Å². The summed E-state index contributed by atoms with van der Waals surface area (Å²) in [7, 11) is 0. The first kappa shape index (κ1) is 26.9. The number of likely N-dealkylation sites (tertiary alicyclic amines) is 1. The molecule has 1 aliphatic rings. The number of hydrogen-bond acceptors (Lipinski definition) is 9. The van der Waals surface area contributed by atoms with Gasteiger partial charge in [-0.3, -0.25) is 14.6 Å². The molecule has 0 unspecified atom stereocenters. The van der Waals surface area contributed by atoms with Crippen LogP contribution in [0.15, 0.2) is 55.1 Å². The van der Waals surface area contributed by atoms with Gasteiger partial charge in [0.2, 0.25) is 5.88 Å². The minimum atomic E-state index is -0.410. The first-order valence-corrected chi connectivity index (χ1v) is 13.6. The van der Waals surface area contributed by atoms with Gasteiger partial charge in [0.25, 0.3) is 5.91 Å². The number of nitrogen functional groups attached to an aromatic ring is 1. The number of aromatic nitrogens is 6. The van der Waals surface area contributed by atoms with Crippen molar-refractivity contribution >= 4 is 23.7 Å². The Balaban J connectivity index is 1.29. The van der Waals surface area contributed by atoms with Crippen molar-refractivity contribution in [2.24, 2.45) is 0 Å². The number of aldehydes is 1. The van der Waals surface area contributed by atoms with E-state index >= 15 is 0 Å². The Kier molecular flexibility index (Phi) is 7.03. The molecule has 1 aliphatic heterocycles. The Morgan fingerprint density at radius 2 is 1.86 bits per heavy atom. The summed E-state index contributed by atoms with van der Waals surface area (Å²) in [6.07, 6.45) is 8.36. The van der Waals surface area contributed by atoms with Gasteiger partial charge in [0.1, 0.15) is 11.6 Å². The Hall–Kier alpha value is -5.26. The van der Waals surface area contributed by atoms with E-state index in [2.05, 4.69) is 20.1 Å². The third-order valence-electron chi connectivity index (χ3n) is 7.72. The maximum atomic E-state index is 14.0. The number of piperidine rings is 1. The molecule has 5 aromatic rings. The van der Waals surface area contributed by atoms with Crippen molar-refractivity contribution < 1.29 is 19.1 Å². The largest absolute Gasteiger partial charge is 0.492 e. The molecule has 5 heterocycles. The van der Waals surface area contributed by atoms with Crippen LogP contribution in [0.1, 0.15) is 57.8 Å². The minimum Gasteiger partial charge on any atom is -0.492 e. The second-order valence-electron chi connectivity index (χ2n) is 10.1. The van der Waals surface area contributed by atoms with E-state index in [1.165, 1.54) is 23.0 Å². The fourth-order valence-corrected chi connectivity index (χ4v) is 5.40. The van der Waals surface area contributed by atoms with Crippen molar-refractivity contribution in [3.8, 4) is 28.3 Å². The maximum Gasteiger partial charge on any atom is 0.278 e. The van der Waals surface area contributed by atoms with Crippen LogP contribution in [0.4, 0.5) is 10.2 Å². The quantitative estimate of drug-likeness (QED) is 0.290. The van der Waals surface area contributed by atoms with E-state index < -0.39 is 11.8 Å². The van der Waals surface area contributed by atoms with Gasteiger partial charge in [-0.25, -0.2) is 19.3 Å². The molecule has 1 aromatic carbocycles. The highest BCUT2D eigenvalue weighted by atomic mass is 19.1. The van der Waals surface area contributed by atoms with Crippen molar-refractivity contribution in [2.45, 2.75) is 32.1 Å². The van der Waals surface area contributed by atoms with Gasteiger partial charge < -0.3 is 15.7 Å². The van der Waals surface area contributed by atoms with Crippen LogP contribution in [0, 0.1) is 5.82 Å². The third-order valence-corrected chi connectivity index (χ3v) is 7.72. The van der Waals surface area contributed by atoms with Crippen molar-refractivity contribution in [3.05, 3.63) is 83.5 Å². The number of nitrogens with two attached hydrogens (primary N) is 1. The molecule has 0 aliphatic carbocycles. The number of nitrogens with zero attached hydrogens (tertiary/aromatic N) is 7. The molecule has 0 bridgehead atoms. The topological polar surface area (TPSA) is 152 Å². The number of hydrogen-bond donors (Lipinski definition) is 2. The number of pyridine rings is 1. The number of carbonyl (C=O) groups is 2. The molecule has 3 N–H and O–H groups in total. The van der Waals surface area contributed by atoms with Gasteiger partial charge in [-0.05, 0) is 49.1 Å². The van der Waals surface area contributed by atoms with Crippen LogP contribution < -0.4 is 5.73 Å². The number of rotatable bonds is 6. The lowest BCUT2D eigenvalue weighted by Crippen LogP contribution is -2.38. The Morgan fingerprint density at radius 3 is 2.55 bits per heavy atom. The second kappa shape index (κ2) is 11.0. The van der Waals surface area contributed by atoms with Gasteiger partial charge >= 0.3 is 0 Å². The molecule has 0 atom stereocenters. The zero-order valence-electron chi connectivity index (χ0n) is 22.7. The molecule has 42 heavy (non-hydrogen) atoms. The number of benzene rings is 1. The van der Waals surface area contributed by atoms with Gasteiger partial charge in [-0.1, -0.05) is 13.0 Å². The molecule has 1 fully saturated rings. The summed E-state index contributed by atoms with van der Waals surface area (Å²) in [5.74, 6) is -1.00. The minimum absolute atomic E-state index is 0.0953. The highest BCUT2D eigenvalue weighted by Crippen LogP contribution is 2.34. The van der Waals surface area contributed by atoms with E-state index in [0.717, 1.165) is 11.1 Å². The normalized spacial score (nSPS) is 13.9. The lowest BCUT2D eigenvalue weighted by molar-refractivity contribution is 0.0701. The fraction of sp³-hybridized carbons (Fsp3) is 0.233. The molecule has 12 heteroatoms. The average Bonchev–Trinajstić information content (AvgIpc) is 3.46. The highest BCUT2D eigenvalue weighted by Gasteiger charge is 2.30. The predicted molar refractivity (Wildman–Crippen MR) is 152 cm³/mol. The molecular weight excluding hydrogens is 539 g/mol. The number of carbonyl (C=O) groups excluding carboxylic acids is 2. The van der Waals surface area contributed by atoms with E-state index in [1.807, 2.05) is 19.1 Å². The number of anilines is 1. The number of amides is 1. The Labute approximate surface area is 239 Å². The standard InChI is InChI=1S/C30H27FN8O3/c1-2-17-13-19(3-5-23(17)31)24-6-4-20(14-35-24)21-15-36-39-27(32)22(16-40)25(37-28(21)39)18-7-11-38(12-8-18)30(42)26-29(41)34-10-9-33-26/h3-6,9-10,13-16,18H,2,7-8,11-12,32H2,1H3,(H,34,41). The first-order chi connectivity index (χ1) is 20.4. The molecule has 1 amide bonds. The summed E-state index contributed by atoms with van der Waals surface area (Å²) in [4.78, 5) is 43.8. The lowest BCUT2D eigenvalue weighted by atomic mass is 9.90. The zero-order valence-corrected chi connectivity index (χ0v) is 22.7. The van der Waals surface area contributed by atoms with E-state index in [0.29, 0.717) is 66.8 Å². The van der Waals surface area contributed by atoms with E-state index in [-0.39, 0.29) is 28.8 Å². The van der Waals surface area contributed by atoms with E-state index in [9.17, 15) is 19.1 Å². The van der Waals surface area contributed by atoms with Crippen LogP contribution in [-0.4, -0.2) is 64.8 Å². The number of aromatic hydroxyl groups is 1. The molecular formula is C30H27FN8O3. The molecule has 1 saturated heterocycles. The predicted octanol–water partition coefficient (Wildman–Crippen LogP) is 4.07. The first-order valence-electron chi connectivity index (χ1n) is 13.6. The van der Waals surface area contributed by atoms with E-state index in [1.54, 1.807) is 29.4 Å². The van der Waals surface area contributed by atoms with Crippen molar-refractivity contribution in [1.82, 2.24) is 34.4 Å². The summed E-state index contributed by atoms with van der Waals surface area (Å²) in [5, 5.41) is 14.3. The van der Waals surface area contributed by atoms with Crippen molar-refractivity contribution in [3.63, 3.8) is 0 Å². The highest BCUT2D eigenvalue weighted by molar-refractivity contribution is 5.94. The second-order valence-corrected chi connectivity index (χ2v) is 10.1.